The molecule has 0 radical (unpaired) electrons. The van der Waals surface area contributed by atoms with Crippen molar-refractivity contribution in [3.63, 3.8) is 0 Å². The van der Waals surface area contributed by atoms with E-state index in [1.54, 1.807) is 14.2 Å². The Labute approximate surface area is 122 Å². The number of ether oxygens (including phenoxy) is 2. The first-order chi connectivity index (χ1) is 9.44. The second-order valence-corrected chi connectivity index (χ2v) is 6.76. The molecule has 2 rings (SSSR count). The number of hydrogen-bond acceptors (Lipinski definition) is 3. The summed E-state index contributed by atoms with van der Waals surface area (Å²) < 4.78 is 10.8. The molecule has 0 amide bonds. The molecule has 1 N–H and O–H groups in total. The van der Waals surface area contributed by atoms with Crippen molar-refractivity contribution in [1.29, 1.82) is 0 Å². The van der Waals surface area contributed by atoms with Crippen LogP contribution in [-0.2, 0) is 6.42 Å². The minimum atomic E-state index is 0.371. The molecule has 0 bridgehead atoms. The minimum Gasteiger partial charge on any atom is -0.493 e. The second kappa shape index (κ2) is 6.04. The van der Waals surface area contributed by atoms with Gasteiger partial charge in [-0.1, -0.05) is 20.8 Å². The number of nitrogens with one attached hydrogen (secondary N) is 1. The van der Waals surface area contributed by atoms with Crippen LogP contribution in [0.25, 0.3) is 0 Å². The Morgan fingerprint density at radius 2 is 1.80 bits per heavy atom. The Kier molecular flexibility index (Phi) is 4.59. The lowest BCUT2D eigenvalue weighted by Crippen LogP contribution is -2.30. The third-order valence-electron chi connectivity index (χ3n) is 3.99. The van der Waals surface area contributed by atoms with E-state index in [9.17, 15) is 0 Å². The van der Waals surface area contributed by atoms with E-state index in [2.05, 4.69) is 38.2 Å². The zero-order chi connectivity index (χ0) is 14.8. The van der Waals surface area contributed by atoms with E-state index in [0.29, 0.717) is 11.5 Å². The average molecular weight is 277 g/mol. The molecule has 1 heterocycles. The molecule has 1 atom stereocenters. The normalized spacial score (nSPS) is 18.6. The van der Waals surface area contributed by atoms with Crippen molar-refractivity contribution in [3.8, 4) is 11.5 Å². The maximum absolute atomic E-state index is 5.44. The molecule has 0 aliphatic carbocycles. The quantitative estimate of drug-likeness (QED) is 0.910. The van der Waals surface area contributed by atoms with Crippen molar-refractivity contribution >= 4 is 0 Å². The SMILES string of the molecule is COc1cc2c(cc1OC)C(CCC(C)(C)C)NCC2. The highest BCUT2D eigenvalue weighted by Gasteiger charge is 2.24. The van der Waals surface area contributed by atoms with Crippen molar-refractivity contribution in [1.82, 2.24) is 5.32 Å². The zero-order valence-corrected chi connectivity index (χ0v) is 13.4. The Morgan fingerprint density at radius 1 is 1.15 bits per heavy atom. The summed E-state index contributed by atoms with van der Waals surface area (Å²) in [4.78, 5) is 0. The number of hydrogen-bond donors (Lipinski definition) is 1. The smallest absolute Gasteiger partial charge is 0.161 e. The first-order valence-electron chi connectivity index (χ1n) is 7.43. The van der Waals surface area contributed by atoms with Gasteiger partial charge in [0, 0.05) is 6.04 Å². The molecule has 0 saturated carbocycles. The Balaban J connectivity index is 2.25. The molecule has 0 spiro atoms. The van der Waals surface area contributed by atoms with Crippen LogP contribution in [0.5, 0.6) is 11.5 Å². The Hall–Kier alpha value is -1.22. The predicted octanol–water partition coefficient (Wildman–Crippen LogP) is 3.72. The molecule has 1 aromatic carbocycles. The molecule has 20 heavy (non-hydrogen) atoms. The highest BCUT2D eigenvalue weighted by Crippen LogP contribution is 2.37. The molecule has 112 valence electrons. The van der Waals surface area contributed by atoms with E-state index in [1.807, 2.05) is 0 Å². The summed E-state index contributed by atoms with van der Waals surface area (Å²) >= 11 is 0. The summed E-state index contributed by atoms with van der Waals surface area (Å²) in [5, 5.41) is 3.64. The van der Waals surface area contributed by atoms with Crippen LogP contribution in [0.1, 0.15) is 50.8 Å². The van der Waals surface area contributed by atoms with Crippen LogP contribution in [0.3, 0.4) is 0 Å². The molecule has 3 heteroatoms. The van der Waals surface area contributed by atoms with Gasteiger partial charge in [-0.05, 0) is 54.5 Å². The third kappa shape index (κ3) is 3.45. The lowest BCUT2D eigenvalue weighted by atomic mass is 9.84. The van der Waals surface area contributed by atoms with Gasteiger partial charge in [0.05, 0.1) is 14.2 Å². The summed E-state index contributed by atoms with van der Waals surface area (Å²) in [5.74, 6) is 1.67. The summed E-state index contributed by atoms with van der Waals surface area (Å²) in [6, 6.07) is 4.71. The highest BCUT2D eigenvalue weighted by atomic mass is 16.5. The van der Waals surface area contributed by atoms with E-state index in [-0.39, 0.29) is 0 Å². The van der Waals surface area contributed by atoms with E-state index in [1.165, 1.54) is 17.5 Å². The zero-order valence-electron chi connectivity index (χ0n) is 13.4. The van der Waals surface area contributed by atoms with Gasteiger partial charge < -0.3 is 14.8 Å². The lowest BCUT2D eigenvalue weighted by molar-refractivity contribution is 0.324. The molecule has 0 aromatic heterocycles. The first-order valence-corrected chi connectivity index (χ1v) is 7.43. The Bertz CT molecular complexity index is 463. The van der Waals surface area contributed by atoms with Crippen molar-refractivity contribution in [2.75, 3.05) is 20.8 Å². The van der Waals surface area contributed by atoms with Gasteiger partial charge in [-0.25, -0.2) is 0 Å². The molecule has 1 aliphatic heterocycles. The molecule has 0 fully saturated rings. The third-order valence-corrected chi connectivity index (χ3v) is 3.99. The van der Waals surface area contributed by atoms with Crippen LogP contribution >= 0.6 is 0 Å². The summed E-state index contributed by atoms with van der Waals surface area (Å²) in [6.07, 6.45) is 3.42. The number of rotatable bonds is 4. The monoisotopic (exact) mass is 277 g/mol. The highest BCUT2D eigenvalue weighted by molar-refractivity contribution is 5.49. The van der Waals surface area contributed by atoms with Crippen LogP contribution in [0, 0.1) is 5.41 Å². The van der Waals surface area contributed by atoms with Crippen LogP contribution in [-0.4, -0.2) is 20.8 Å². The molecular weight excluding hydrogens is 250 g/mol. The van der Waals surface area contributed by atoms with E-state index in [0.717, 1.165) is 30.9 Å². The van der Waals surface area contributed by atoms with Crippen molar-refractivity contribution in [2.45, 2.75) is 46.1 Å². The van der Waals surface area contributed by atoms with Gasteiger partial charge in [0.25, 0.3) is 0 Å². The van der Waals surface area contributed by atoms with Crippen molar-refractivity contribution < 1.29 is 9.47 Å². The van der Waals surface area contributed by atoms with E-state index < -0.39 is 0 Å². The molecular formula is C17H27NO2. The maximum Gasteiger partial charge on any atom is 0.161 e. The van der Waals surface area contributed by atoms with Gasteiger partial charge in [0.15, 0.2) is 11.5 Å². The lowest BCUT2D eigenvalue weighted by Gasteiger charge is -2.30. The number of benzene rings is 1. The van der Waals surface area contributed by atoms with Crippen molar-refractivity contribution in [3.05, 3.63) is 23.3 Å². The topological polar surface area (TPSA) is 30.5 Å². The maximum atomic E-state index is 5.44. The van der Waals surface area contributed by atoms with Crippen LogP contribution < -0.4 is 14.8 Å². The fourth-order valence-electron chi connectivity index (χ4n) is 2.80. The van der Waals surface area contributed by atoms with Gasteiger partial charge in [0.1, 0.15) is 0 Å². The largest absolute Gasteiger partial charge is 0.493 e. The Morgan fingerprint density at radius 3 is 2.40 bits per heavy atom. The summed E-state index contributed by atoms with van der Waals surface area (Å²) in [7, 11) is 3.40. The molecule has 1 aliphatic rings. The van der Waals surface area contributed by atoms with E-state index >= 15 is 0 Å². The molecule has 0 saturated heterocycles. The minimum absolute atomic E-state index is 0.371. The van der Waals surface area contributed by atoms with Gasteiger partial charge >= 0.3 is 0 Å². The standard InChI is InChI=1S/C17H27NO2/c1-17(2,3)8-6-14-13-11-16(20-5)15(19-4)10-12(13)7-9-18-14/h10-11,14,18H,6-9H2,1-5H3. The van der Waals surface area contributed by atoms with Gasteiger partial charge in [0.2, 0.25) is 0 Å². The molecule has 1 aromatic rings. The molecule has 3 nitrogen and oxygen atoms in total. The van der Waals surface area contributed by atoms with Gasteiger partial charge in [-0.15, -0.1) is 0 Å². The fraction of sp³-hybridized carbons (Fsp3) is 0.647. The average Bonchev–Trinajstić information content (AvgIpc) is 2.42. The summed E-state index contributed by atoms with van der Waals surface area (Å²) in [6.45, 7) is 7.93. The number of fused-ring (bicyclic) bond motifs is 1. The van der Waals surface area contributed by atoms with Gasteiger partial charge in [-0.2, -0.15) is 0 Å². The predicted molar refractivity (Wildman–Crippen MR) is 82.7 cm³/mol. The summed E-state index contributed by atoms with van der Waals surface area (Å²) in [5.41, 5.74) is 3.13. The van der Waals surface area contributed by atoms with E-state index in [4.69, 9.17) is 9.47 Å². The van der Waals surface area contributed by atoms with Crippen LogP contribution in [0.2, 0.25) is 0 Å². The molecule has 1 unspecified atom stereocenters. The van der Waals surface area contributed by atoms with Crippen molar-refractivity contribution in [2.24, 2.45) is 5.41 Å². The van der Waals surface area contributed by atoms with Gasteiger partial charge in [-0.3, -0.25) is 0 Å². The number of methoxy groups -OCH3 is 2. The van der Waals surface area contributed by atoms with Crippen LogP contribution in [0.4, 0.5) is 0 Å². The fourth-order valence-corrected chi connectivity index (χ4v) is 2.80. The second-order valence-electron chi connectivity index (χ2n) is 6.76. The van der Waals surface area contributed by atoms with Crippen LogP contribution in [0.15, 0.2) is 12.1 Å². The first kappa shape index (κ1) is 15.2.